The van der Waals surface area contributed by atoms with Crippen molar-refractivity contribution in [1.82, 2.24) is 10.2 Å². The molecule has 0 aliphatic carbocycles. The van der Waals surface area contributed by atoms with Gasteiger partial charge in [-0.25, -0.2) is 9.18 Å². The van der Waals surface area contributed by atoms with Crippen LogP contribution in [0.1, 0.15) is 31.7 Å². The third kappa shape index (κ3) is 5.16. The average Bonchev–Trinajstić information content (AvgIpc) is 2.65. The maximum absolute atomic E-state index is 13.3. The van der Waals surface area contributed by atoms with Gasteiger partial charge in [-0.2, -0.15) is 0 Å². The number of methoxy groups -OCH3 is 1. The van der Waals surface area contributed by atoms with Crippen molar-refractivity contribution < 1.29 is 28.2 Å². The SMILES string of the molecule is CCOC(=O)C1=C(C)N(CC(=O)NCCOC)C(=O)C[C@@H]1c1ccc(F)cc1. The van der Waals surface area contributed by atoms with E-state index >= 15 is 0 Å². The lowest BCUT2D eigenvalue weighted by atomic mass is 9.83. The van der Waals surface area contributed by atoms with Crippen molar-refractivity contribution in [2.75, 3.05) is 33.4 Å². The Labute approximate surface area is 163 Å². The van der Waals surface area contributed by atoms with Crippen LogP contribution >= 0.6 is 0 Å². The molecule has 1 aromatic carbocycles. The lowest BCUT2D eigenvalue weighted by molar-refractivity contribution is -0.141. The predicted molar refractivity (Wildman–Crippen MR) is 99.7 cm³/mol. The molecule has 152 valence electrons. The molecule has 1 atom stereocenters. The number of halogens is 1. The molecule has 0 bridgehead atoms. The van der Waals surface area contributed by atoms with Gasteiger partial charge >= 0.3 is 5.97 Å². The van der Waals surface area contributed by atoms with Crippen molar-refractivity contribution in [2.45, 2.75) is 26.2 Å². The van der Waals surface area contributed by atoms with Gasteiger partial charge in [0.1, 0.15) is 12.4 Å². The maximum Gasteiger partial charge on any atom is 0.336 e. The molecule has 0 spiro atoms. The largest absolute Gasteiger partial charge is 0.463 e. The number of hydrogen-bond donors (Lipinski definition) is 1. The summed E-state index contributed by atoms with van der Waals surface area (Å²) in [6.07, 6.45) is -0.0114. The fourth-order valence-corrected chi connectivity index (χ4v) is 3.15. The van der Waals surface area contributed by atoms with E-state index in [1.54, 1.807) is 26.0 Å². The number of carbonyl (C=O) groups excluding carboxylic acids is 3. The number of amides is 2. The Morgan fingerprint density at radius 2 is 1.96 bits per heavy atom. The molecule has 28 heavy (non-hydrogen) atoms. The molecular formula is C20H25FN2O5. The number of nitrogens with zero attached hydrogens (tertiary/aromatic N) is 1. The molecule has 1 aliphatic heterocycles. The van der Waals surface area contributed by atoms with Crippen LogP contribution < -0.4 is 5.32 Å². The van der Waals surface area contributed by atoms with E-state index in [1.807, 2.05) is 0 Å². The number of ether oxygens (including phenoxy) is 2. The van der Waals surface area contributed by atoms with Crippen LogP contribution in [0, 0.1) is 5.82 Å². The van der Waals surface area contributed by atoms with E-state index in [1.165, 1.54) is 24.1 Å². The molecule has 1 aromatic rings. The average molecular weight is 392 g/mol. The highest BCUT2D eigenvalue weighted by Crippen LogP contribution is 2.37. The molecular weight excluding hydrogens is 367 g/mol. The summed E-state index contributed by atoms with van der Waals surface area (Å²) in [4.78, 5) is 38.7. The molecule has 0 aromatic heterocycles. The van der Waals surface area contributed by atoms with Crippen LogP contribution in [0.25, 0.3) is 0 Å². The van der Waals surface area contributed by atoms with Gasteiger partial charge in [-0.1, -0.05) is 12.1 Å². The summed E-state index contributed by atoms with van der Waals surface area (Å²) in [5, 5.41) is 2.65. The minimum atomic E-state index is -0.556. The second-order valence-corrected chi connectivity index (χ2v) is 6.35. The van der Waals surface area contributed by atoms with Crippen molar-refractivity contribution in [3.8, 4) is 0 Å². The topological polar surface area (TPSA) is 84.9 Å². The number of carbonyl (C=O) groups is 3. The number of rotatable bonds is 8. The number of esters is 1. The Morgan fingerprint density at radius 1 is 1.29 bits per heavy atom. The van der Waals surface area contributed by atoms with E-state index in [4.69, 9.17) is 9.47 Å². The zero-order valence-corrected chi connectivity index (χ0v) is 16.3. The predicted octanol–water partition coefficient (Wildman–Crippen LogP) is 1.74. The Bertz CT molecular complexity index is 760. The minimum absolute atomic E-state index is 0.0114. The van der Waals surface area contributed by atoms with Crippen molar-refractivity contribution >= 4 is 17.8 Å². The molecule has 0 saturated carbocycles. The first-order chi connectivity index (χ1) is 13.4. The van der Waals surface area contributed by atoms with Crippen LogP contribution in [0.15, 0.2) is 35.5 Å². The smallest absolute Gasteiger partial charge is 0.336 e. The van der Waals surface area contributed by atoms with E-state index in [0.717, 1.165) is 0 Å². The number of nitrogens with one attached hydrogen (secondary N) is 1. The summed E-state index contributed by atoms with van der Waals surface area (Å²) in [7, 11) is 1.52. The first-order valence-electron chi connectivity index (χ1n) is 9.08. The first-order valence-corrected chi connectivity index (χ1v) is 9.08. The normalized spacial score (nSPS) is 16.9. The van der Waals surface area contributed by atoms with Crippen LogP contribution in [0.4, 0.5) is 4.39 Å². The van der Waals surface area contributed by atoms with Crippen LogP contribution in [0.5, 0.6) is 0 Å². The Morgan fingerprint density at radius 3 is 2.57 bits per heavy atom. The van der Waals surface area contributed by atoms with E-state index in [-0.39, 0.29) is 31.4 Å². The van der Waals surface area contributed by atoms with Gasteiger partial charge in [-0.15, -0.1) is 0 Å². The summed E-state index contributed by atoms with van der Waals surface area (Å²) in [6, 6.07) is 5.67. The fraction of sp³-hybridized carbons (Fsp3) is 0.450. The summed E-state index contributed by atoms with van der Waals surface area (Å²) in [5.41, 5.74) is 1.31. The second kappa shape index (κ2) is 9.98. The quantitative estimate of drug-likeness (QED) is 0.538. The summed E-state index contributed by atoms with van der Waals surface area (Å²) in [6.45, 7) is 3.96. The highest BCUT2D eigenvalue weighted by atomic mass is 19.1. The van der Waals surface area contributed by atoms with E-state index < -0.39 is 17.7 Å². The lowest BCUT2D eigenvalue weighted by Crippen LogP contribution is -2.44. The van der Waals surface area contributed by atoms with Gasteiger partial charge in [-0.3, -0.25) is 9.59 Å². The molecule has 2 amide bonds. The Hall–Kier alpha value is -2.74. The van der Waals surface area contributed by atoms with Gasteiger partial charge in [0.2, 0.25) is 11.8 Å². The van der Waals surface area contributed by atoms with E-state index in [2.05, 4.69) is 5.32 Å². The van der Waals surface area contributed by atoms with Gasteiger partial charge in [0, 0.05) is 31.7 Å². The van der Waals surface area contributed by atoms with Crippen molar-refractivity contribution in [1.29, 1.82) is 0 Å². The van der Waals surface area contributed by atoms with Crippen molar-refractivity contribution in [3.05, 3.63) is 46.9 Å². The standard InChI is InChI=1S/C20H25FN2O5/c1-4-28-20(26)19-13(2)23(12-17(24)22-9-10-27-3)18(25)11-16(19)14-5-7-15(21)8-6-14/h5-8,16H,4,9-12H2,1-3H3,(H,22,24)/t16-/m1/s1. The van der Waals surface area contributed by atoms with Gasteiger partial charge in [0.25, 0.3) is 0 Å². The van der Waals surface area contributed by atoms with Gasteiger partial charge < -0.3 is 19.7 Å². The molecule has 8 heteroatoms. The molecule has 0 fully saturated rings. The van der Waals surface area contributed by atoms with Gasteiger partial charge in [0.05, 0.1) is 18.8 Å². The number of hydrogen-bond acceptors (Lipinski definition) is 5. The molecule has 1 aliphatic rings. The zero-order chi connectivity index (χ0) is 20.7. The van der Waals surface area contributed by atoms with Crippen LogP contribution in [-0.4, -0.2) is 56.1 Å². The van der Waals surface area contributed by atoms with Gasteiger partial charge in [0.15, 0.2) is 0 Å². The van der Waals surface area contributed by atoms with Crippen LogP contribution in [0.2, 0.25) is 0 Å². The fourth-order valence-electron chi connectivity index (χ4n) is 3.15. The Balaban J connectivity index is 2.33. The number of benzene rings is 1. The van der Waals surface area contributed by atoms with Crippen molar-refractivity contribution in [3.63, 3.8) is 0 Å². The molecule has 0 unspecified atom stereocenters. The highest BCUT2D eigenvalue weighted by molar-refractivity contribution is 5.97. The first kappa shape index (κ1) is 21.6. The molecule has 0 radical (unpaired) electrons. The van der Waals surface area contributed by atoms with Crippen LogP contribution in [0.3, 0.4) is 0 Å². The maximum atomic E-state index is 13.3. The Kier molecular flexibility index (Phi) is 7.69. The van der Waals surface area contributed by atoms with Crippen LogP contribution in [-0.2, 0) is 23.9 Å². The summed E-state index contributed by atoms with van der Waals surface area (Å²) >= 11 is 0. The third-order valence-electron chi connectivity index (χ3n) is 4.52. The third-order valence-corrected chi connectivity index (χ3v) is 4.52. The molecule has 1 N–H and O–H groups in total. The zero-order valence-electron chi connectivity index (χ0n) is 16.3. The molecule has 7 nitrogen and oxygen atoms in total. The molecule has 0 saturated heterocycles. The van der Waals surface area contributed by atoms with Gasteiger partial charge in [-0.05, 0) is 31.5 Å². The monoisotopic (exact) mass is 392 g/mol. The lowest BCUT2D eigenvalue weighted by Gasteiger charge is -2.34. The summed E-state index contributed by atoms with van der Waals surface area (Å²) in [5.74, 6) is -2.15. The van der Waals surface area contributed by atoms with E-state index in [9.17, 15) is 18.8 Å². The minimum Gasteiger partial charge on any atom is -0.463 e. The number of allylic oxidation sites excluding steroid dienone is 1. The second-order valence-electron chi connectivity index (χ2n) is 6.35. The molecule has 2 rings (SSSR count). The van der Waals surface area contributed by atoms with E-state index in [0.29, 0.717) is 30.0 Å². The molecule has 1 heterocycles. The highest BCUT2D eigenvalue weighted by Gasteiger charge is 2.37. The summed E-state index contributed by atoms with van der Waals surface area (Å²) < 4.78 is 23.3. The van der Waals surface area contributed by atoms with Crippen molar-refractivity contribution in [2.24, 2.45) is 0 Å².